The molecule has 0 spiro atoms. The Hall–Kier alpha value is -2.04. The molecule has 2 aromatic rings. The largest absolute Gasteiger partial charge is 0.396 e. The van der Waals surface area contributed by atoms with E-state index in [9.17, 15) is 0 Å². The molecule has 0 aliphatic rings. The molecular weight excluding hydrogens is 180 g/mol. The standard InChI is InChI=1S/C9H10N4O/c10-8-6-11-3-1-9(8)12-5-7-2-4-14-13-7/h1-4,6H,5,10H2,(H,11,12). The van der Waals surface area contributed by atoms with Crippen LogP contribution in [0.25, 0.3) is 0 Å². The minimum atomic E-state index is 0.588. The molecule has 72 valence electrons. The molecule has 2 rings (SSSR count). The summed E-state index contributed by atoms with van der Waals surface area (Å²) in [6.45, 7) is 0.588. The van der Waals surface area contributed by atoms with Crippen LogP contribution in [-0.2, 0) is 6.54 Å². The van der Waals surface area contributed by atoms with Crippen LogP contribution in [0, 0.1) is 0 Å². The van der Waals surface area contributed by atoms with E-state index in [4.69, 9.17) is 10.3 Å². The molecule has 5 heteroatoms. The fraction of sp³-hybridized carbons (Fsp3) is 0.111. The van der Waals surface area contributed by atoms with Gasteiger partial charge in [-0.2, -0.15) is 0 Å². The molecule has 0 amide bonds. The maximum absolute atomic E-state index is 5.69. The Bertz CT molecular complexity index is 399. The molecule has 14 heavy (non-hydrogen) atoms. The minimum Gasteiger partial charge on any atom is -0.396 e. The number of aromatic nitrogens is 2. The van der Waals surface area contributed by atoms with Gasteiger partial charge in [0.2, 0.25) is 0 Å². The lowest BCUT2D eigenvalue weighted by molar-refractivity contribution is 0.412. The summed E-state index contributed by atoms with van der Waals surface area (Å²) in [5.41, 5.74) is 8.00. The summed E-state index contributed by atoms with van der Waals surface area (Å²) in [6.07, 6.45) is 4.82. The number of hydrogen-bond donors (Lipinski definition) is 2. The lowest BCUT2D eigenvalue weighted by atomic mass is 10.3. The summed E-state index contributed by atoms with van der Waals surface area (Å²) in [7, 11) is 0. The normalized spacial score (nSPS) is 10.0. The van der Waals surface area contributed by atoms with Crippen molar-refractivity contribution < 1.29 is 4.52 Å². The summed E-state index contributed by atoms with van der Waals surface area (Å²) in [6, 6.07) is 3.61. The van der Waals surface area contributed by atoms with Crippen molar-refractivity contribution in [2.75, 3.05) is 11.1 Å². The fourth-order valence-corrected chi connectivity index (χ4v) is 1.08. The van der Waals surface area contributed by atoms with Crippen LogP contribution in [0.15, 0.2) is 35.3 Å². The molecule has 0 aliphatic carbocycles. The summed E-state index contributed by atoms with van der Waals surface area (Å²) in [5.74, 6) is 0. The fourth-order valence-electron chi connectivity index (χ4n) is 1.08. The number of hydrogen-bond acceptors (Lipinski definition) is 5. The Labute approximate surface area is 80.9 Å². The van der Waals surface area contributed by atoms with Crippen molar-refractivity contribution in [3.8, 4) is 0 Å². The van der Waals surface area contributed by atoms with E-state index in [1.165, 1.54) is 6.26 Å². The predicted molar refractivity (Wildman–Crippen MR) is 52.5 cm³/mol. The predicted octanol–water partition coefficient (Wildman–Crippen LogP) is 1.26. The van der Waals surface area contributed by atoms with E-state index in [2.05, 4.69) is 15.5 Å². The van der Waals surface area contributed by atoms with Crippen molar-refractivity contribution in [2.24, 2.45) is 0 Å². The molecule has 0 atom stereocenters. The Morgan fingerprint density at radius 1 is 1.43 bits per heavy atom. The maximum Gasteiger partial charge on any atom is 0.124 e. The van der Waals surface area contributed by atoms with Crippen molar-refractivity contribution in [1.29, 1.82) is 0 Å². The Morgan fingerprint density at radius 3 is 3.07 bits per heavy atom. The molecule has 2 heterocycles. The number of nitrogens with one attached hydrogen (secondary N) is 1. The van der Waals surface area contributed by atoms with Gasteiger partial charge in [-0.15, -0.1) is 0 Å². The van der Waals surface area contributed by atoms with Gasteiger partial charge in [0.1, 0.15) is 12.0 Å². The van der Waals surface area contributed by atoms with Crippen LogP contribution in [0.4, 0.5) is 11.4 Å². The lowest BCUT2D eigenvalue weighted by Crippen LogP contribution is -2.02. The van der Waals surface area contributed by atoms with Gasteiger partial charge in [-0.25, -0.2) is 0 Å². The van der Waals surface area contributed by atoms with E-state index < -0.39 is 0 Å². The number of nitrogens with two attached hydrogens (primary N) is 1. The average Bonchev–Trinajstić information content (AvgIpc) is 2.69. The van der Waals surface area contributed by atoms with Crippen LogP contribution in [0.1, 0.15) is 5.69 Å². The van der Waals surface area contributed by atoms with Crippen LogP contribution in [0.3, 0.4) is 0 Å². The third-order valence-electron chi connectivity index (χ3n) is 1.80. The van der Waals surface area contributed by atoms with Gasteiger partial charge in [-0.1, -0.05) is 5.16 Å². The molecule has 0 fully saturated rings. The lowest BCUT2D eigenvalue weighted by Gasteiger charge is -2.05. The zero-order valence-corrected chi connectivity index (χ0v) is 7.47. The van der Waals surface area contributed by atoms with E-state index in [1.54, 1.807) is 18.5 Å². The van der Waals surface area contributed by atoms with Crippen molar-refractivity contribution in [2.45, 2.75) is 6.54 Å². The van der Waals surface area contributed by atoms with Gasteiger partial charge >= 0.3 is 0 Å². The van der Waals surface area contributed by atoms with Crippen molar-refractivity contribution in [3.63, 3.8) is 0 Å². The summed E-state index contributed by atoms with van der Waals surface area (Å²) in [5, 5.41) is 6.89. The van der Waals surface area contributed by atoms with Gasteiger partial charge in [0.05, 0.1) is 24.1 Å². The van der Waals surface area contributed by atoms with E-state index >= 15 is 0 Å². The molecule has 0 bridgehead atoms. The third-order valence-corrected chi connectivity index (χ3v) is 1.80. The van der Waals surface area contributed by atoms with Crippen LogP contribution >= 0.6 is 0 Å². The molecule has 0 saturated heterocycles. The molecule has 0 aliphatic heterocycles. The van der Waals surface area contributed by atoms with Crippen molar-refractivity contribution >= 4 is 11.4 Å². The van der Waals surface area contributed by atoms with Gasteiger partial charge in [0.15, 0.2) is 0 Å². The van der Waals surface area contributed by atoms with Gasteiger partial charge in [0, 0.05) is 12.3 Å². The molecule has 0 aromatic carbocycles. The van der Waals surface area contributed by atoms with Crippen LogP contribution in [0.5, 0.6) is 0 Å². The molecule has 0 unspecified atom stereocenters. The monoisotopic (exact) mass is 190 g/mol. The van der Waals surface area contributed by atoms with Crippen molar-refractivity contribution in [1.82, 2.24) is 10.1 Å². The van der Waals surface area contributed by atoms with Crippen LogP contribution in [-0.4, -0.2) is 10.1 Å². The average molecular weight is 190 g/mol. The Balaban J connectivity index is 2.02. The number of nitrogens with zero attached hydrogens (tertiary/aromatic N) is 2. The van der Waals surface area contributed by atoms with Gasteiger partial charge in [-0.05, 0) is 6.07 Å². The second-order valence-corrected chi connectivity index (χ2v) is 2.81. The second-order valence-electron chi connectivity index (χ2n) is 2.81. The number of rotatable bonds is 3. The van der Waals surface area contributed by atoms with E-state index in [1.807, 2.05) is 6.07 Å². The highest BCUT2D eigenvalue weighted by Gasteiger charge is 1.99. The number of anilines is 2. The zero-order chi connectivity index (χ0) is 9.80. The first kappa shape index (κ1) is 8.55. The van der Waals surface area contributed by atoms with Gasteiger partial charge < -0.3 is 15.6 Å². The third kappa shape index (κ3) is 1.82. The smallest absolute Gasteiger partial charge is 0.124 e. The highest BCUT2D eigenvalue weighted by Crippen LogP contribution is 2.15. The molecular formula is C9H10N4O. The Kier molecular flexibility index (Phi) is 2.31. The number of pyridine rings is 1. The summed E-state index contributed by atoms with van der Waals surface area (Å²) in [4.78, 5) is 3.89. The number of nitrogen functional groups attached to an aromatic ring is 1. The molecule has 2 aromatic heterocycles. The summed E-state index contributed by atoms with van der Waals surface area (Å²) < 4.78 is 4.70. The maximum atomic E-state index is 5.69. The SMILES string of the molecule is Nc1cnccc1NCc1ccon1. The quantitative estimate of drug-likeness (QED) is 0.762. The van der Waals surface area contributed by atoms with Gasteiger partial charge in [-0.3, -0.25) is 4.98 Å². The molecule has 0 radical (unpaired) electrons. The molecule has 5 nitrogen and oxygen atoms in total. The highest BCUT2D eigenvalue weighted by atomic mass is 16.5. The van der Waals surface area contributed by atoms with Crippen LogP contribution in [0.2, 0.25) is 0 Å². The minimum absolute atomic E-state index is 0.588. The van der Waals surface area contributed by atoms with E-state index in [-0.39, 0.29) is 0 Å². The first-order chi connectivity index (χ1) is 6.86. The highest BCUT2D eigenvalue weighted by molar-refractivity contribution is 5.64. The summed E-state index contributed by atoms with van der Waals surface area (Å²) >= 11 is 0. The molecule has 0 saturated carbocycles. The van der Waals surface area contributed by atoms with Gasteiger partial charge in [0.25, 0.3) is 0 Å². The van der Waals surface area contributed by atoms with Crippen molar-refractivity contribution in [3.05, 3.63) is 36.5 Å². The zero-order valence-electron chi connectivity index (χ0n) is 7.47. The Morgan fingerprint density at radius 2 is 2.36 bits per heavy atom. The van der Waals surface area contributed by atoms with E-state index in [0.29, 0.717) is 12.2 Å². The first-order valence-corrected chi connectivity index (χ1v) is 4.19. The van der Waals surface area contributed by atoms with E-state index in [0.717, 1.165) is 11.4 Å². The first-order valence-electron chi connectivity index (χ1n) is 4.19. The topological polar surface area (TPSA) is 77.0 Å². The van der Waals surface area contributed by atoms with Crippen LogP contribution < -0.4 is 11.1 Å². The second kappa shape index (κ2) is 3.78. The molecule has 3 N–H and O–H groups in total.